The zero-order valence-electron chi connectivity index (χ0n) is 11.5. The van der Waals surface area contributed by atoms with Gasteiger partial charge in [0.05, 0.1) is 0 Å². The Bertz CT molecular complexity index is 632. The first-order valence-electron chi connectivity index (χ1n) is 6.88. The van der Waals surface area contributed by atoms with E-state index in [0.29, 0.717) is 5.82 Å². The molecule has 1 heterocycles. The van der Waals surface area contributed by atoms with Crippen LogP contribution in [-0.2, 0) is 12.8 Å². The quantitative estimate of drug-likeness (QED) is 0.849. The van der Waals surface area contributed by atoms with E-state index in [9.17, 15) is 0 Å². The van der Waals surface area contributed by atoms with Crippen LogP contribution in [0.4, 0.5) is 5.82 Å². The molecule has 0 bridgehead atoms. The minimum Gasteiger partial charge on any atom is -0.383 e. The molecule has 98 valence electrons. The molecule has 1 aromatic heterocycles. The smallest absolute Gasteiger partial charge is 0.161 e. The maximum absolute atomic E-state index is 6.10. The van der Waals surface area contributed by atoms with E-state index in [4.69, 9.17) is 10.7 Å². The summed E-state index contributed by atoms with van der Waals surface area (Å²) in [4.78, 5) is 9.22. The maximum atomic E-state index is 6.10. The zero-order valence-corrected chi connectivity index (χ0v) is 11.5. The molecule has 0 radical (unpaired) electrons. The van der Waals surface area contributed by atoms with Crippen molar-refractivity contribution in [2.45, 2.75) is 39.5 Å². The molecule has 3 heteroatoms. The minimum atomic E-state index is 0.665. The van der Waals surface area contributed by atoms with Gasteiger partial charge >= 0.3 is 0 Å². The Hall–Kier alpha value is -1.90. The second-order valence-corrected chi connectivity index (χ2v) is 5.36. The number of anilines is 1. The zero-order chi connectivity index (χ0) is 13.4. The number of nitrogens with two attached hydrogens (primary N) is 1. The number of nitrogen functional groups attached to an aromatic ring is 1. The molecular formula is C16H19N3. The molecule has 19 heavy (non-hydrogen) atoms. The number of nitrogens with zero attached hydrogens (tertiary/aromatic N) is 2. The van der Waals surface area contributed by atoms with Crippen molar-refractivity contribution in [1.82, 2.24) is 9.97 Å². The summed E-state index contributed by atoms with van der Waals surface area (Å²) in [6.45, 7) is 4.22. The van der Waals surface area contributed by atoms with Gasteiger partial charge in [0.15, 0.2) is 5.82 Å². The van der Waals surface area contributed by atoms with Crippen LogP contribution >= 0.6 is 0 Å². The van der Waals surface area contributed by atoms with Crippen molar-refractivity contribution in [2.75, 3.05) is 5.73 Å². The van der Waals surface area contributed by atoms with E-state index in [0.717, 1.165) is 29.9 Å². The number of benzene rings is 1. The third kappa shape index (κ3) is 2.21. The Kier molecular flexibility index (Phi) is 2.97. The fourth-order valence-corrected chi connectivity index (χ4v) is 2.63. The molecule has 1 aliphatic carbocycles. The number of aryl methyl sites for hydroxylation is 3. The maximum Gasteiger partial charge on any atom is 0.161 e. The molecule has 0 saturated carbocycles. The first kappa shape index (κ1) is 12.2. The van der Waals surface area contributed by atoms with Crippen molar-refractivity contribution in [3.63, 3.8) is 0 Å². The van der Waals surface area contributed by atoms with Gasteiger partial charge in [0.1, 0.15) is 5.82 Å². The van der Waals surface area contributed by atoms with Crippen molar-refractivity contribution in [3.05, 3.63) is 40.6 Å². The summed E-state index contributed by atoms with van der Waals surface area (Å²) in [6, 6.07) is 6.33. The van der Waals surface area contributed by atoms with Gasteiger partial charge < -0.3 is 5.73 Å². The average molecular weight is 253 g/mol. The highest BCUT2D eigenvalue weighted by Crippen LogP contribution is 2.27. The highest BCUT2D eigenvalue weighted by Gasteiger charge is 2.16. The lowest BCUT2D eigenvalue weighted by atomic mass is 9.96. The standard InChI is InChI=1S/C16H19N3/c1-10-7-8-12(9-11(10)2)16-18-14-6-4-3-5-13(14)15(17)19-16/h7-9H,3-6H2,1-2H3,(H2,17,18,19). The van der Waals surface area contributed by atoms with Gasteiger partial charge in [-0.2, -0.15) is 0 Å². The number of hydrogen-bond acceptors (Lipinski definition) is 3. The number of rotatable bonds is 1. The van der Waals surface area contributed by atoms with E-state index in [2.05, 4.69) is 37.0 Å². The molecule has 2 N–H and O–H groups in total. The van der Waals surface area contributed by atoms with Crippen LogP contribution in [0.25, 0.3) is 11.4 Å². The van der Waals surface area contributed by atoms with Crippen LogP contribution in [0, 0.1) is 13.8 Å². The van der Waals surface area contributed by atoms with Gasteiger partial charge in [-0.05, 0) is 56.7 Å². The van der Waals surface area contributed by atoms with Crippen LogP contribution in [0.2, 0.25) is 0 Å². The number of hydrogen-bond donors (Lipinski definition) is 1. The summed E-state index contributed by atoms with van der Waals surface area (Å²) in [5.74, 6) is 1.43. The molecule has 1 aliphatic rings. The summed E-state index contributed by atoms with van der Waals surface area (Å²) < 4.78 is 0. The normalized spacial score (nSPS) is 14.2. The molecule has 3 rings (SSSR count). The van der Waals surface area contributed by atoms with Crippen LogP contribution in [-0.4, -0.2) is 9.97 Å². The van der Waals surface area contributed by atoms with Gasteiger partial charge in [0, 0.05) is 16.8 Å². The molecule has 1 aromatic carbocycles. The highest BCUT2D eigenvalue weighted by molar-refractivity contribution is 5.60. The molecule has 2 aromatic rings. The fourth-order valence-electron chi connectivity index (χ4n) is 2.63. The van der Waals surface area contributed by atoms with Gasteiger partial charge in [-0.25, -0.2) is 9.97 Å². The van der Waals surface area contributed by atoms with Gasteiger partial charge in [-0.1, -0.05) is 12.1 Å². The van der Waals surface area contributed by atoms with Gasteiger partial charge in [0.2, 0.25) is 0 Å². The second kappa shape index (κ2) is 4.65. The Morgan fingerprint density at radius 1 is 1.00 bits per heavy atom. The van der Waals surface area contributed by atoms with Crippen LogP contribution in [0.3, 0.4) is 0 Å². The van der Waals surface area contributed by atoms with Crippen molar-refractivity contribution in [2.24, 2.45) is 0 Å². The molecule has 0 amide bonds. The van der Waals surface area contributed by atoms with Crippen molar-refractivity contribution in [3.8, 4) is 11.4 Å². The second-order valence-electron chi connectivity index (χ2n) is 5.36. The Labute approximate surface area is 113 Å². The number of aromatic nitrogens is 2. The summed E-state index contributed by atoms with van der Waals surface area (Å²) in [5, 5.41) is 0. The predicted molar refractivity (Wildman–Crippen MR) is 78.0 cm³/mol. The fraction of sp³-hybridized carbons (Fsp3) is 0.375. The monoisotopic (exact) mass is 253 g/mol. The largest absolute Gasteiger partial charge is 0.383 e. The third-order valence-corrected chi connectivity index (χ3v) is 3.98. The first-order chi connectivity index (χ1) is 9.15. The van der Waals surface area contributed by atoms with Crippen LogP contribution in [0.5, 0.6) is 0 Å². The van der Waals surface area contributed by atoms with Crippen molar-refractivity contribution < 1.29 is 0 Å². The Morgan fingerprint density at radius 3 is 2.58 bits per heavy atom. The lowest BCUT2D eigenvalue weighted by molar-refractivity contribution is 0.666. The molecule has 0 unspecified atom stereocenters. The van der Waals surface area contributed by atoms with E-state index in [-0.39, 0.29) is 0 Å². The molecule has 3 nitrogen and oxygen atoms in total. The average Bonchev–Trinajstić information content (AvgIpc) is 2.42. The summed E-state index contributed by atoms with van der Waals surface area (Å²) in [5.41, 5.74) is 12.0. The minimum absolute atomic E-state index is 0.665. The van der Waals surface area contributed by atoms with Crippen LogP contribution < -0.4 is 5.73 Å². The summed E-state index contributed by atoms with van der Waals surface area (Å²) >= 11 is 0. The van der Waals surface area contributed by atoms with Crippen molar-refractivity contribution in [1.29, 1.82) is 0 Å². The summed E-state index contributed by atoms with van der Waals surface area (Å²) in [6.07, 6.45) is 4.45. The third-order valence-electron chi connectivity index (χ3n) is 3.98. The molecule has 0 atom stereocenters. The molecule has 0 fully saturated rings. The topological polar surface area (TPSA) is 51.8 Å². The molecule has 0 saturated heterocycles. The first-order valence-corrected chi connectivity index (χ1v) is 6.88. The van der Waals surface area contributed by atoms with Crippen molar-refractivity contribution >= 4 is 5.82 Å². The van der Waals surface area contributed by atoms with Gasteiger partial charge in [-0.15, -0.1) is 0 Å². The molecular weight excluding hydrogens is 234 g/mol. The number of fused-ring (bicyclic) bond motifs is 1. The highest BCUT2D eigenvalue weighted by atomic mass is 15.0. The summed E-state index contributed by atoms with van der Waals surface area (Å²) in [7, 11) is 0. The lowest BCUT2D eigenvalue weighted by Crippen LogP contribution is -2.11. The molecule has 0 aliphatic heterocycles. The van der Waals surface area contributed by atoms with E-state index in [1.807, 2.05) is 0 Å². The van der Waals surface area contributed by atoms with Crippen LogP contribution in [0.15, 0.2) is 18.2 Å². The van der Waals surface area contributed by atoms with E-state index in [1.165, 1.54) is 29.5 Å². The predicted octanol–water partition coefficient (Wildman–Crippen LogP) is 3.22. The molecule has 0 spiro atoms. The van der Waals surface area contributed by atoms with E-state index in [1.54, 1.807) is 0 Å². The Morgan fingerprint density at radius 2 is 1.79 bits per heavy atom. The Balaban J connectivity index is 2.10. The van der Waals surface area contributed by atoms with Gasteiger partial charge in [0.25, 0.3) is 0 Å². The van der Waals surface area contributed by atoms with Gasteiger partial charge in [-0.3, -0.25) is 0 Å². The van der Waals surface area contributed by atoms with Crippen LogP contribution in [0.1, 0.15) is 35.2 Å². The van der Waals surface area contributed by atoms with E-state index >= 15 is 0 Å². The SMILES string of the molecule is Cc1ccc(-c2nc(N)c3c(n2)CCCC3)cc1C. The van der Waals surface area contributed by atoms with E-state index < -0.39 is 0 Å². The lowest BCUT2D eigenvalue weighted by Gasteiger charge is -2.17.